The lowest BCUT2D eigenvalue weighted by atomic mass is 10.3. The Labute approximate surface area is 82.9 Å². The summed E-state index contributed by atoms with van der Waals surface area (Å²) in [6, 6.07) is 7.91. The van der Waals surface area contributed by atoms with Crippen LogP contribution in [-0.2, 0) is 4.79 Å². The highest BCUT2D eigenvalue weighted by Crippen LogP contribution is 2.14. The van der Waals surface area contributed by atoms with Gasteiger partial charge < -0.3 is 5.32 Å². The quantitative estimate of drug-likeness (QED) is 0.792. The number of anilines is 1. The summed E-state index contributed by atoms with van der Waals surface area (Å²) in [6.45, 7) is 1.96. The summed E-state index contributed by atoms with van der Waals surface area (Å²) in [5.41, 5.74) is 0.724. The molecule has 1 radical (unpaired) electrons. The Kier molecular flexibility index (Phi) is 3.77. The molecule has 1 N–H and O–H groups in total. The van der Waals surface area contributed by atoms with Gasteiger partial charge in [0.15, 0.2) is 0 Å². The van der Waals surface area contributed by atoms with Gasteiger partial charge in [-0.05, 0) is 18.6 Å². The number of rotatable bonds is 3. The van der Waals surface area contributed by atoms with E-state index in [1.54, 1.807) is 18.2 Å². The van der Waals surface area contributed by atoms with Crippen molar-refractivity contribution in [2.75, 3.05) is 5.32 Å². The van der Waals surface area contributed by atoms with E-state index < -0.39 is 0 Å². The van der Waals surface area contributed by atoms with Crippen molar-refractivity contribution in [3.05, 3.63) is 29.3 Å². The first-order valence-corrected chi connectivity index (χ1v) is 4.57. The third-order valence-electron chi connectivity index (χ3n) is 1.53. The van der Waals surface area contributed by atoms with Gasteiger partial charge in [0.2, 0.25) is 5.91 Å². The van der Waals surface area contributed by atoms with Crippen LogP contribution in [-0.4, -0.2) is 5.91 Å². The summed E-state index contributed by atoms with van der Waals surface area (Å²) in [5.74, 6) is 0.0183. The fraction of sp³-hybridized carbons (Fsp3) is 0.300. The van der Waals surface area contributed by atoms with E-state index in [2.05, 4.69) is 11.4 Å². The fourth-order valence-corrected chi connectivity index (χ4v) is 1.15. The lowest BCUT2D eigenvalue weighted by Crippen LogP contribution is -2.10. The Hall–Kier alpha value is -1.02. The van der Waals surface area contributed by atoms with Crippen LogP contribution in [0.5, 0.6) is 0 Å². The van der Waals surface area contributed by atoms with Crippen LogP contribution in [0.25, 0.3) is 0 Å². The van der Waals surface area contributed by atoms with Crippen molar-refractivity contribution >= 4 is 23.2 Å². The number of benzene rings is 1. The van der Waals surface area contributed by atoms with E-state index in [1.807, 2.05) is 6.92 Å². The SMILES string of the molecule is CCCC(=O)Nc1cc[c]c(Cl)c1. The molecule has 1 aromatic carbocycles. The van der Waals surface area contributed by atoms with Crippen molar-refractivity contribution in [1.82, 2.24) is 0 Å². The van der Waals surface area contributed by atoms with Crippen LogP contribution >= 0.6 is 11.6 Å². The Morgan fingerprint density at radius 2 is 2.46 bits per heavy atom. The molecular weight excluding hydrogens is 186 g/mol. The van der Waals surface area contributed by atoms with Gasteiger partial charge in [-0.1, -0.05) is 24.6 Å². The predicted octanol–water partition coefficient (Wildman–Crippen LogP) is 2.88. The van der Waals surface area contributed by atoms with Crippen LogP contribution in [0.1, 0.15) is 19.8 Å². The standard InChI is InChI=1S/C10H11ClNO/c1-2-4-10(13)12-9-6-3-5-8(11)7-9/h3,6-7H,2,4H2,1H3,(H,12,13). The van der Waals surface area contributed by atoms with Gasteiger partial charge in [0.25, 0.3) is 0 Å². The highest BCUT2D eigenvalue weighted by molar-refractivity contribution is 6.30. The van der Waals surface area contributed by atoms with Gasteiger partial charge in [-0.3, -0.25) is 4.79 Å². The summed E-state index contributed by atoms with van der Waals surface area (Å²) < 4.78 is 0. The highest BCUT2D eigenvalue weighted by atomic mass is 35.5. The monoisotopic (exact) mass is 196 g/mol. The molecule has 0 atom stereocenters. The molecule has 0 saturated carbocycles. The first-order chi connectivity index (χ1) is 6.22. The van der Waals surface area contributed by atoms with Crippen molar-refractivity contribution in [3.8, 4) is 0 Å². The van der Waals surface area contributed by atoms with Crippen LogP contribution in [0.3, 0.4) is 0 Å². The number of amides is 1. The van der Waals surface area contributed by atoms with E-state index in [0.717, 1.165) is 12.1 Å². The Bertz CT molecular complexity index is 299. The van der Waals surface area contributed by atoms with Gasteiger partial charge >= 0.3 is 0 Å². The molecule has 69 valence electrons. The second-order valence-corrected chi connectivity index (χ2v) is 3.13. The Morgan fingerprint density at radius 3 is 3.08 bits per heavy atom. The zero-order valence-electron chi connectivity index (χ0n) is 7.43. The summed E-state index contributed by atoms with van der Waals surface area (Å²) in [4.78, 5) is 11.2. The van der Waals surface area contributed by atoms with Crippen LogP contribution in [0.2, 0.25) is 5.02 Å². The summed E-state index contributed by atoms with van der Waals surface area (Å²) >= 11 is 5.70. The van der Waals surface area contributed by atoms with Crippen LogP contribution in [0, 0.1) is 6.07 Å². The average molecular weight is 197 g/mol. The number of carbonyl (C=O) groups excluding carboxylic acids is 1. The molecule has 0 unspecified atom stereocenters. The summed E-state index contributed by atoms with van der Waals surface area (Å²) in [5, 5.41) is 3.25. The van der Waals surface area contributed by atoms with Gasteiger partial charge in [-0.2, -0.15) is 0 Å². The maximum absolute atomic E-state index is 11.2. The first kappa shape index (κ1) is 10.1. The van der Waals surface area contributed by atoms with Crippen molar-refractivity contribution in [2.45, 2.75) is 19.8 Å². The molecule has 0 aliphatic carbocycles. The molecular formula is C10H11ClNO. The Morgan fingerprint density at radius 1 is 1.69 bits per heavy atom. The maximum Gasteiger partial charge on any atom is 0.224 e. The number of carbonyl (C=O) groups is 1. The van der Waals surface area contributed by atoms with Gasteiger partial charge in [0.1, 0.15) is 0 Å². The summed E-state index contributed by atoms with van der Waals surface area (Å²) in [6.07, 6.45) is 1.38. The molecule has 1 rings (SSSR count). The first-order valence-electron chi connectivity index (χ1n) is 4.19. The van der Waals surface area contributed by atoms with E-state index in [4.69, 9.17) is 11.6 Å². The molecule has 0 saturated heterocycles. The van der Waals surface area contributed by atoms with Crippen molar-refractivity contribution in [2.24, 2.45) is 0 Å². The van der Waals surface area contributed by atoms with E-state index in [9.17, 15) is 4.79 Å². The number of hydrogen-bond donors (Lipinski definition) is 1. The van der Waals surface area contributed by atoms with E-state index >= 15 is 0 Å². The van der Waals surface area contributed by atoms with Gasteiger partial charge in [0, 0.05) is 18.2 Å². The van der Waals surface area contributed by atoms with Crippen LogP contribution in [0.15, 0.2) is 18.2 Å². The topological polar surface area (TPSA) is 29.1 Å². The zero-order valence-corrected chi connectivity index (χ0v) is 8.19. The maximum atomic E-state index is 11.2. The molecule has 0 bridgehead atoms. The van der Waals surface area contributed by atoms with Gasteiger partial charge in [-0.15, -0.1) is 0 Å². The second-order valence-electron chi connectivity index (χ2n) is 2.72. The summed E-state index contributed by atoms with van der Waals surface area (Å²) in [7, 11) is 0. The fourth-order valence-electron chi connectivity index (χ4n) is 0.966. The molecule has 0 aromatic heterocycles. The molecule has 3 heteroatoms. The minimum absolute atomic E-state index is 0.0183. The highest BCUT2D eigenvalue weighted by Gasteiger charge is 2.00. The van der Waals surface area contributed by atoms with Crippen molar-refractivity contribution in [3.63, 3.8) is 0 Å². The minimum atomic E-state index is 0.0183. The normalized spacial score (nSPS) is 9.69. The number of hydrogen-bond acceptors (Lipinski definition) is 1. The van der Waals surface area contributed by atoms with Gasteiger partial charge in [-0.25, -0.2) is 0 Å². The van der Waals surface area contributed by atoms with E-state index in [-0.39, 0.29) is 5.91 Å². The third-order valence-corrected chi connectivity index (χ3v) is 1.75. The largest absolute Gasteiger partial charge is 0.326 e. The smallest absolute Gasteiger partial charge is 0.224 e. The van der Waals surface area contributed by atoms with E-state index in [0.29, 0.717) is 11.4 Å². The molecule has 2 nitrogen and oxygen atoms in total. The van der Waals surface area contributed by atoms with Crippen LogP contribution in [0.4, 0.5) is 5.69 Å². The van der Waals surface area contributed by atoms with Crippen LogP contribution < -0.4 is 5.32 Å². The molecule has 1 aromatic rings. The lowest BCUT2D eigenvalue weighted by Gasteiger charge is -2.03. The average Bonchev–Trinajstić information content (AvgIpc) is 2.04. The second kappa shape index (κ2) is 4.87. The lowest BCUT2D eigenvalue weighted by molar-refractivity contribution is -0.116. The molecule has 0 heterocycles. The number of nitrogens with one attached hydrogen (secondary N) is 1. The zero-order chi connectivity index (χ0) is 9.68. The Balaban J connectivity index is 2.58. The molecule has 0 spiro atoms. The van der Waals surface area contributed by atoms with E-state index in [1.165, 1.54) is 0 Å². The molecule has 1 amide bonds. The third kappa shape index (κ3) is 3.47. The number of halogens is 1. The van der Waals surface area contributed by atoms with Crippen molar-refractivity contribution in [1.29, 1.82) is 0 Å². The molecule has 13 heavy (non-hydrogen) atoms. The predicted molar refractivity (Wildman–Crippen MR) is 53.8 cm³/mol. The molecule has 0 fully saturated rings. The molecule has 0 aliphatic rings. The van der Waals surface area contributed by atoms with Gasteiger partial charge in [0.05, 0.1) is 5.02 Å². The molecule has 0 aliphatic heterocycles. The van der Waals surface area contributed by atoms with Crippen molar-refractivity contribution < 1.29 is 4.79 Å². The minimum Gasteiger partial charge on any atom is -0.326 e.